The van der Waals surface area contributed by atoms with E-state index in [4.69, 9.17) is 5.11 Å². The predicted octanol–water partition coefficient (Wildman–Crippen LogP) is 0.941. The molecule has 1 amide bonds. The molecule has 0 aliphatic heterocycles. The van der Waals surface area contributed by atoms with Gasteiger partial charge in [0.1, 0.15) is 11.0 Å². The lowest BCUT2D eigenvalue weighted by atomic mass is 10.0. The average molecular weight is 274 g/mol. The molecule has 2 aromatic rings. The summed E-state index contributed by atoms with van der Waals surface area (Å²) in [6.07, 6.45) is 2.14. The minimum atomic E-state index is -0.847. The van der Waals surface area contributed by atoms with Crippen LogP contribution in [-0.2, 0) is 4.79 Å². The van der Waals surface area contributed by atoms with Crippen molar-refractivity contribution in [2.24, 2.45) is 5.92 Å². The molecule has 1 aliphatic rings. The summed E-state index contributed by atoms with van der Waals surface area (Å²) < 4.78 is 0. The van der Waals surface area contributed by atoms with Crippen molar-refractivity contribution in [2.75, 3.05) is 0 Å². The number of hydrogen-bond donors (Lipinski definition) is 3. The third kappa shape index (κ3) is 2.22. The summed E-state index contributed by atoms with van der Waals surface area (Å²) in [6, 6.07) is 4.70. The highest BCUT2D eigenvalue weighted by Gasteiger charge is 2.34. The molecule has 0 radical (unpaired) electrons. The van der Waals surface area contributed by atoms with Gasteiger partial charge in [0, 0.05) is 11.6 Å². The Bertz CT molecular complexity index is 666. The molecule has 3 rings (SSSR count). The number of carbonyl (C=O) groups excluding carboxylic acids is 1. The van der Waals surface area contributed by atoms with Gasteiger partial charge in [-0.25, -0.2) is 0 Å². The maximum Gasteiger partial charge on any atom is 0.308 e. The van der Waals surface area contributed by atoms with Gasteiger partial charge in [0.15, 0.2) is 0 Å². The maximum atomic E-state index is 12.2. The normalized spacial score (nSPS) is 22.0. The van der Waals surface area contributed by atoms with Gasteiger partial charge in [-0.05, 0) is 31.0 Å². The van der Waals surface area contributed by atoms with E-state index in [-0.39, 0.29) is 11.9 Å². The number of fused-ring (bicyclic) bond motifs is 1. The number of benzene rings is 1. The van der Waals surface area contributed by atoms with E-state index in [1.54, 1.807) is 18.2 Å². The lowest BCUT2D eigenvalue weighted by molar-refractivity contribution is -0.142. The predicted molar refractivity (Wildman–Crippen MR) is 70.1 cm³/mol. The molecule has 1 saturated carbocycles. The zero-order chi connectivity index (χ0) is 14.1. The van der Waals surface area contributed by atoms with Crippen LogP contribution in [0.1, 0.15) is 29.6 Å². The SMILES string of the molecule is O=C(N[C@H]1CCC[C@H]1C(=O)O)c1ccc2n[nH]nc2c1. The molecule has 2 atom stereocenters. The summed E-state index contributed by atoms with van der Waals surface area (Å²) in [5.41, 5.74) is 1.76. The number of carboxylic acid groups (broad SMARTS) is 1. The fourth-order valence-corrected chi connectivity index (χ4v) is 2.66. The summed E-state index contributed by atoms with van der Waals surface area (Å²) in [5, 5.41) is 22.2. The zero-order valence-corrected chi connectivity index (χ0v) is 10.7. The van der Waals surface area contributed by atoms with Crippen LogP contribution in [0.15, 0.2) is 18.2 Å². The van der Waals surface area contributed by atoms with Crippen molar-refractivity contribution in [3.8, 4) is 0 Å². The Balaban J connectivity index is 1.77. The second kappa shape index (κ2) is 4.92. The number of amides is 1. The van der Waals surface area contributed by atoms with Crippen LogP contribution in [0, 0.1) is 5.92 Å². The van der Waals surface area contributed by atoms with E-state index in [2.05, 4.69) is 20.7 Å². The van der Waals surface area contributed by atoms with Gasteiger partial charge in [0.05, 0.1) is 5.92 Å². The number of carbonyl (C=O) groups is 2. The largest absolute Gasteiger partial charge is 0.481 e. The fraction of sp³-hybridized carbons (Fsp3) is 0.385. The molecule has 1 heterocycles. The van der Waals surface area contributed by atoms with Crippen molar-refractivity contribution < 1.29 is 14.7 Å². The van der Waals surface area contributed by atoms with Crippen molar-refractivity contribution in [3.05, 3.63) is 23.8 Å². The molecule has 3 N–H and O–H groups in total. The van der Waals surface area contributed by atoms with Crippen LogP contribution in [0.3, 0.4) is 0 Å². The highest BCUT2D eigenvalue weighted by atomic mass is 16.4. The number of aliphatic carboxylic acids is 1. The Kier molecular flexibility index (Phi) is 3.09. The molecule has 7 heteroatoms. The second-order valence-electron chi connectivity index (χ2n) is 4.98. The Morgan fingerprint density at radius 2 is 2.05 bits per heavy atom. The standard InChI is InChI=1S/C13H14N4O3/c18-12(14-9-3-1-2-8(9)13(19)20)7-4-5-10-11(6-7)16-17-15-10/h4-6,8-9H,1-3H2,(H,14,18)(H,19,20)(H,15,16,17)/t8-,9+/m1/s1. The summed E-state index contributed by atoms with van der Waals surface area (Å²) in [7, 11) is 0. The number of aromatic amines is 1. The number of nitrogens with zero attached hydrogens (tertiary/aromatic N) is 2. The van der Waals surface area contributed by atoms with Crippen molar-refractivity contribution in [3.63, 3.8) is 0 Å². The minimum absolute atomic E-state index is 0.270. The van der Waals surface area contributed by atoms with E-state index in [1.165, 1.54) is 0 Å². The maximum absolute atomic E-state index is 12.2. The second-order valence-corrected chi connectivity index (χ2v) is 4.98. The highest BCUT2D eigenvalue weighted by molar-refractivity contribution is 5.97. The zero-order valence-electron chi connectivity index (χ0n) is 10.7. The molecule has 0 saturated heterocycles. The van der Waals surface area contributed by atoms with E-state index >= 15 is 0 Å². The number of nitrogens with one attached hydrogen (secondary N) is 2. The van der Waals surface area contributed by atoms with E-state index < -0.39 is 11.9 Å². The third-order valence-corrected chi connectivity index (χ3v) is 3.73. The van der Waals surface area contributed by atoms with Crippen LogP contribution in [0.5, 0.6) is 0 Å². The Hall–Kier alpha value is -2.44. The molecule has 0 unspecified atom stereocenters. The van der Waals surface area contributed by atoms with Crippen molar-refractivity contribution >= 4 is 22.9 Å². The molecule has 1 aromatic carbocycles. The number of rotatable bonds is 3. The smallest absolute Gasteiger partial charge is 0.308 e. The molecular formula is C13H14N4O3. The van der Waals surface area contributed by atoms with Crippen LogP contribution >= 0.6 is 0 Å². The average Bonchev–Trinajstić information content (AvgIpc) is 3.05. The van der Waals surface area contributed by atoms with Crippen LogP contribution in [-0.4, -0.2) is 38.4 Å². The Morgan fingerprint density at radius 1 is 1.25 bits per heavy atom. The van der Waals surface area contributed by atoms with Crippen molar-refractivity contribution in [1.29, 1.82) is 0 Å². The van der Waals surface area contributed by atoms with Crippen LogP contribution in [0.2, 0.25) is 0 Å². The highest BCUT2D eigenvalue weighted by Crippen LogP contribution is 2.26. The van der Waals surface area contributed by atoms with Crippen LogP contribution < -0.4 is 5.32 Å². The molecule has 0 bridgehead atoms. The molecule has 1 aromatic heterocycles. The lowest BCUT2D eigenvalue weighted by Gasteiger charge is -2.17. The summed E-state index contributed by atoms with van der Waals surface area (Å²) in [4.78, 5) is 23.3. The van der Waals surface area contributed by atoms with E-state index in [1.807, 2.05) is 0 Å². The monoisotopic (exact) mass is 274 g/mol. The first kappa shape index (κ1) is 12.6. The van der Waals surface area contributed by atoms with Crippen LogP contribution in [0.25, 0.3) is 11.0 Å². The van der Waals surface area contributed by atoms with Gasteiger partial charge in [-0.1, -0.05) is 6.42 Å². The van der Waals surface area contributed by atoms with Crippen molar-refractivity contribution in [2.45, 2.75) is 25.3 Å². The third-order valence-electron chi connectivity index (χ3n) is 3.73. The topological polar surface area (TPSA) is 108 Å². The van der Waals surface area contributed by atoms with E-state index in [0.717, 1.165) is 6.42 Å². The summed E-state index contributed by atoms with van der Waals surface area (Å²) in [5.74, 6) is -1.61. The summed E-state index contributed by atoms with van der Waals surface area (Å²) in [6.45, 7) is 0. The minimum Gasteiger partial charge on any atom is -0.481 e. The number of aromatic nitrogens is 3. The van der Waals surface area contributed by atoms with Crippen molar-refractivity contribution in [1.82, 2.24) is 20.7 Å². The van der Waals surface area contributed by atoms with Gasteiger partial charge in [0.25, 0.3) is 5.91 Å². The van der Waals surface area contributed by atoms with Gasteiger partial charge in [-0.3, -0.25) is 9.59 Å². The quantitative estimate of drug-likeness (QED) is 0.772. The summed E-state index contributed by atoms with van der Waals surface area (Å²) >= 11 is 0. The molecule has 1 fully saturated rings. The first-order chi connectivity index (χ1) is 9.65. The Labute approximate surface area is 114 Å². The van der Waals surface area contributed by atoms with Gasteiger partial charge >= 0.3 is 5.97 Å². The number of H-pyrrole nitrogens is 1. The van der Waals surface area contributed by atoms with Gasteiger partial charge < -0.3 is 10.4 Å². The van der Waals surface area contributed by atoms with E-state index in [9.17, 15) is 9.59 Å². The molecule has 0 spiro atoms. The molecule has 104 valence electrons. The lowest BCUT2D eigenvalue weighted by Crippen LogP contribution is -2.40. The van der Waals surface area contributed by atoms with E-state index in [0.29, 0.717) is 29.4 Å². The molecule has 1 aliphatic carbocycles. The fourth-order valence-electron chi connectivity index (χ4n) is 2.66. The number of hydrogen-bond acceptors (Lipinski definition) is 4. The number of carboxylic acids is 1. The Morgan fingerprint density at radius 3 is 2.85 bits per heavy atom. The first-order valence-corrected chi connectivity index (χ1v) is 6.49. The molecular weight excluding hydrogens is 260 g/mol. The van der Waals surface area contributed by atoms with Gasteiger partial charge in [-0.2, -0.15) is 15.4 Å². The van der Waals surface area contributed by atoms with Gasteiger partial charge in [-0.15, -0.1) is 0 Å². The molecule has 20 heavy (non-hydrogen) atoms. The van der Waals surface area contributed by atoms with Crippen LogP contribution in [0.4, 0.5) is 0 Å². The molecule has 7 nitrogen and oxygen atoms in total. The first-order valence-electron chi connectivity index (χ1n) is 6.49. The van der Waals surface area contributed by atoms with Gasteiger partial charge in [0.2, 0.25) is 0 Å².